The SMILES string of the molecule is Cc1cc2oc(=O)cc(CSC3=Nc4ccccc4CS3)c2cc1C. The summed E-state index contributed by atoms with van der Waals surface area (Å²) in [6.07, 6.45) is 0. The molecule has 3 nitrogen and oxygen atoms in total. The smallest absolute Gasteiger partial charge is 0.336 e. The van der Waals surface area contributed by atoms with Crippen molar-refractivity contribution in [1.29, 1.82) is 0 Å². The summed E-state index contributed by atoms with van der Waals surface area (Å²) < 4.78 is 6.42. The molecule has 4 rings (SSSR count). The number of aliphatic imine (C=N–C) groups is 1. The molecule has 0 atom stereocenters. The van der Waals surface area contributed by atoms with Gasteiger partial charge in [0.2, 0.25) is 0 Å². The maximum absolute atomic E-state index is 11.9. The van der Waals surface area contributed by atoms with Crippen LogP contribution >= 0.6 is 23.5 Å². The van der Waals surface area contributed by atoms with Crippen molar-refractivity contribution in [2.75, 3.05) is 0 Å². The highest BCUT2D eigenvalue weighted by atomic mass is 32.2. The monoisotopic (exact) mass is 367 g/mol. The zero-order valence-corrected chi connectivity index (χ0v) is 15.7. The predicted molar refractivity (Wildman–Crippen MR) is 108 cm³/mol. The molecule has 0 N–H and O–H groups in total. The van der Waals surface area contributed by atoms with Crippen LogP contribution in [0.4, 0.5) is 5.69 Å². The van der Waals surface area contributed by atoms with Gasteiger partial charge in [-0.05, 0) is 54.3 Å². The minimum atomic E-state index is -0.296. The molecule has 0 fully saturated rings. The van der Waals surface area contributed by atoms with Crippen molar-refractivity contribution in [3.05, 3.63) is 75.1 Å². The van der Waals surface area contributed by atoms with Gasteiger partial charge in [0.1, 0.15) is 9.96 Å². The summed E-state index contributed by atoms with van der Waals surface area (Å²) in [4.78, 5) is 16.6. The zero-order chi connectivity index (χ0) is 17.4. The molecule has 0 amide bonds. The molecule has 5 heteroatoms. The van der Waals surface area contributed by atoms with Gasteiger partial charge in [-0.25, -0.2) is 9.79 Å². The number of hydrogen-bond acceptors (Lipinski definition) is 5. The lowest BCUT2D eigenvalue weighted by Gasteiger charge is -2.14. The Kier molecular flexibility index (Phi) is 4.44. The van der Waals surface area contributed by atoms with E-state index in [0.29, 0.717) is 11.3 Å². The first-order valence-electron chi connectivity index (χ1n) is 8.06. The molecule has 1 aliphatic rings. The van der Waals surface area contributed by atoms with Crippen LogP contribution in [0.1, 0.15) is 22.3 Å². The molecular formula is C20H17NO2S2. The van der Waals surface area contributed by atoms with Gasteiger partial charge in [0.15, 0.2) is 0 Å². The van der Waals surface area contributed by atoms with Gasteiger partial charge >= 0.3 is 5.63 Å². The lowest BCUT2D eigenvalue weighted by molar-refractivity contribution is 0.559. The summed E-state index contributed by atoms with van der Waals surface area (Å²) >= 11 is 3.43. The normalized spacial score (nSPS) is 13.6. The highest BCUT2D eigenvalue weighted by Crippen LogP contribution is 2.36. The molecule has 2 aromatic carbocycles. The number of fused-ring (bicyclic) bond motifs is 2. The Hall–Kier alpha value is -1.98. The molecule has 0 radical (unpaired) electrons. The average Bonchev–Trinajstić information content (AvgIpc) is 2.61. The second-order valence-electron chi connectivity index (χ2n) is 6.11. The van der Waals surface area contributed by atoms with E-state index in [2.05, 4.69) is 19.1 Å². The van der Waals surface area contributed by atoms with Crippen LogP contribution in [-0.2, 0) is 11.5 Å². The zero-order valence-electron chi connectivity index (χ0n) is 14.0. The number of benzene rings is 2. The van der Waals surface area contributed by atoms with Crippen LogP contribution in [0.3, 0.4) is 0 Å². The summed E-state index contributed by atoms with van der Waals surface area (Å²) in [5.41, 5.74) is 6.02. The number of aryl methyl sites for hydroxylation is 2. The van der Waals surface area contributed by atoms with E-state index in [-0.39, 0.29) is 5.63 Å². The van der Waals surface area contributed by atoms with Crippen LogP contribution in [0.25, 0.3) is 11.0 Å². The fourth-order valence-corrected chi connectivity index (χ4v) is 4.88. The number of nitrogens with zero attached hydrogens (tertiary/aromatic N) is 1. The first-order valence-corrected chi connectivity index (χ1v) is 10.0. The van der Waals surface area contributed by atoms with Gasteiger partial charge in [-0.3, -0.25) is 0 Å². The van der Waals surface area contributed by atoms with Crippen LogP contribution in [0.2, 0.25) is 0 Å². The minimum absolute atomic E-state index is 0.296. The van der Waals surface area contributed by atoms with Gasteiger partial charge in [-0.1, -0.05) is 41.7 Å². The molecule has 0 saturated carbocycles. The van der Waals surface area contributed by atoms with Gasteiger partial charge in [0, 0.05) is 23.0 Å². The molecule has 0 spiro atoms. The maximum atomic E-state index is 11.9. The van der Waals surface area contributed by atoms with Crippen molar-refractivity contribution >= 4 is 44.6 Å². The summed E-state index contributed by atoms with van der Waals surface area (Å²) in [5, 5.41) is 1.01. The van der Waals surface area contributed by atoms with Crippen molar-refractivity contribution < 1.29 is 4.42 Å². The molecule has 1 aromatic heterocycles. The van der Waals surface area contributed by atoms with Crippen LogP contribution < -0.4 is 5.63 Å². The predicted octanol–water partition coefficient (Wildman–Crippen LogP) is 5.58. The Balaban J connectivity index is 1.65. The number of rotatable bonds is 2. The lowest BCUT2D eigenvalue weighted by Crippen LogP contribution is -2.02. The largest absolute Gasteiger partial charge is 0.423 e. The third kappa shape index (κ3) is 3.39. The highest BCUT2D eigenvalue weighted by molar-refractivity contribution is 8.38. The van der Waals surface area contributed by atoms with E-state index >= 15 is 0 Å². The van der Waals surface area contributed by atoms with E-state index in [0.717, 1.165) is 32.3 Å². The van der Waals surface area contributed by atoms with E-state index in [1.807, 2.05) is 31.2 Å². The van der Waals surface area contributed by atoms with E-state index in [4.69, 9.17) is 9.41 Å². The van der Waals surface area contributed by atoms with E-state index < -0.39 is 0 Å². The van der Waals surface area contributed by atoms with Gasteiger partial charge in [0.25, 0.3) is 0 Å². The average molecular weight is 367 g/mol. The molecule has 126 valence electrons. The van der Waals surface area contributed by atoms with Crippen molar-refractivity contribution in [3.8, 4) is 0 Å². The summed E-state index contributed by atoms with van der Waals surface area (Å²) in [5.74, 6) is 1.65. The molecule has 25 heavy (non-hydrogen) atoms. The summed E-state index contributed by atoms with van der Waals surface area (Å²) in [6, 6.07) is 13.9. The Morgan fingerprint density at radius 1 is 1.16 bits per heavy atom. The molecule has 0 bridgehead atoms. The summed E-state index contributed by atoms with van der Waals surface area (Å²) in [6.45, 7) is 4.11. The molecule has 0 unspecified atom stereocenters. The van der Waals surface area contributed by atoms with Crippen LogP contribution in [0, 0.1) is 13.8 Å². The van der Waals surface area contributed by atoms with Gasteiger partial charge in [-0.15, -0.1) is 0 Å². The number of thioether (sulfide) groups is 2. The van der Waals surface area contributed by atoms with Gasteiger partial charge in [0.05, 0.1) is 5.69 Å². The van der Waals surface area contributed by atoms with E-state index in [9.17, 15) is 4.79 Å². The van der Waals surface area contributed by atoms with E-state index in [1.165, 1.54) is 11.1 Å². The fourth-order valence-electron chi connectivity index (χ4n) is 2.83. The van der Waals surface area contributed by atoms with Crippen molar-refractivity contribution in [3.63, 3.8) is 0 Å². The number of hydrogen-bond donors (Lipinski definition) is 0. The minimum Gasteiger partial charge on any atom is -0.423 e. The second kappa shape index (κ2) is 6.73. The van der Waals surface area contributed by atoms with Crippen LogP contribution in [0.15, 0.2) is 56.7 Å². The maximum Gasteiger partial charge on any atom is 0.336 e. The van der Waals surface area contributed by atoms with Gasteiger partial charge < -0.3 is 4.42 Å². The molecule has 1 aliphatic heterocycles. The highest BCUT2D eigenvalue weighted by Gasteiger charge is 2.14. The van der Waals surface area contributed by atoms with Crippen molar-refractivity contribution in [2.45, 2.75) is 25.4 Å². The van der Waals surface area contributed by atoms with Crippen molar-refractivity contribution in [2.24, 2.45) is 4.99 Å². The first kappa shape index (κ1) is 16.5. The Labute approximate surface area is 154 Å². The summed E-state index contributed by atoms with van der Waals surface area (Å²) in [7, 11) is 0. The molecule has 0 saturated heterocycles. The van der Waals surface area contributed by atoms with Crippen molar-refractivity contribution in [1.82, 2.24) is 0 Å². The number of para-hydroxylation sites is 1. The fraction of sp³-hybridized carbons (Fsp3) is 0.200. The third-order valence-corrected chi connectivity index (χ3v) is 6.64. The van der Waals surface area contributed by atoms with Crippen LogP contribution in [-0.4, -0.2) is 4.38 Å². The second-order valence-corrected chi connectivity index (χ2v) is 8.29. The van der Waals surface area contributed by atoms with Crippen LogP contribution in [0.5, 0.6) is 0 Å². The topological polar surface area (TPSA) is 42.6 Å². The quantitative estimate of drug-likeness (QED) is 0.555. The Morgan fingerprint density at radius 3 is 2.84 bits per heavy atom. The molecular weight excluding hydrogens is 350 g/mol. The van der Waals surface area contributed by atoms with Gasteiger partial charge in [-0.2, -0.15) is 0 Å². The first-order chi connectivity index (χ1) is 12.1. The molecule has 0 aliphatic carbocycles. The standard InChI is InChI=1S/C20H17NO2S2/c1-12-7-16-15(9-19(22)23-18(16)8-13(12)2)11-25-20-21-17-6-4-3-5-14(17)10-24-20/h3-9H,10-11H2,1-2H3. The lowest BCUT2D eigenvalue weighted by atomic mass is 10.0. The molecule has 2 heterocycles. The van der Waals surface area contributed by atoms with E-state index in [1.54, 1.807) is 29.6 Å². The Morgan fingerprint density at radius 2 is 1.96 bits per heavy atom. The third-order valence-electron chi connectivity index (χ3n) is 4.35. The Bertz CT molecular complexity index is 1050. The molecule has 3 aromatic rings.